The average Bonchev–Trinajstić information content (AvgIpc) is 3.02. The molecule has 0 bridgehead atoms. The van der Waals surface area contributed by atoms with E-state index in [2.05, 4.69) is 19.2 Å². The quantitative estimate of drug-likeness (QED) is 0.548. The molecule has 1 fully saturated rings. The third-order valence-electron chi connectivity index (χ3n) is 5.02. The van der Waals surface area contributed by atoms with Gasteiger partial charge in [-0.2, -0.15) is 0 Å². The fourth-order valence-corrected chi connectivity index (χ4v) is 3.94. The minimum Gasteiger partial charge on any atom is -0.493 e. The number of imide groups is 1. The molecule has 0 atom stereocenters. The van der Waals surface area contributed by atoms with Gasteiger partial charge < -0.3 is 14.8 Å². The molecule has 1 N–H and O–H groups in total. The van der Waals surface area contributed by atoms with Crippen molar-refractivity contribution in [1.29, 1.82) is 0 Å². The number of thioether (sulfide) groups is 1. The maximum Gasteiger partial charge on any atom is 0.294 e. The number of aryl methyl sites for hydroxylation is 2. The predicted molar refractivity (Wildman–Crippen MR) is 131 cm³/mol. The van der Waals surface area contributed by atoms with Gasteiger partial charge in [-0.25, -0.2) is 0 Å². The maximum atomic E-state index is 12.8. The molecule has 1 aliphatic heterocycles. The van der Waals surface area contributed by atoms with E-state index in [9.17, 15) is 14.4 Å². The molecular weight excluding hydrogens is 440 g/mol. The number of methoxy groups -OCH3 is 1. The minimum absolute atomic E-state index is 0.247. The number of nitrogens with one attached hydrogen (secondary N) is 1. The Morgan fingerprint density at radius 1 is 1.09 bits per heavy atom. The van der Waals surface area contributed by atoms with Gasteiger partial charge in [0.2, 0.25) is 5.91 Å². The third-order valence-corrected chi connectivity index (χ3v) is 5.93. The molecule has 3 amide bonds. The molecule has 3 rings (SSSR count). The fraction of sp³-hybridized carbons (Fsp3) is 0.320. The SMILES string of the molecule is COc1cc(/C=C2\SC(=O)N(CC(=O)Nc3ccc(C)c(C)c3)C2=O)ccc1OCC(C)C. The molecule has 0 unspecified atom stereocenters. The van der Waals surface area contributed by atoms with Crippen molar-refractivity contribution in [2.75, 3.05) is 25.6 Å². The van der Waals surface area contributed by atoms with Gasteiger partial charge in [-0.15, -0.1) is 0 Å². The van der Waals surface area contributed by atoms with Crippen LogP contribution in [0.4, 0.5) is 10.5 Å². The first-order chi connectivity index (χ1) is 15.7. The highest BCUT2D eigenvalue weighted by atomic mass is 32.2. The summed E-state index contributed by atoms with van der Waals surface area (Å²) in [6.45, 7) is 8.25. The van der Waals surface area contributed by atoms with Gasteiger partial charge in [-0.05, 0) is 78.6 Å². The van der Waals surface area contributed by atoms with Crippen LogP contribution in [-0.2, 0) is 9.59 Å². The standard InChI is InChI=1S/C25H28N2O5S/c1-15(2)14-32-20-9-7-18(11-21(20)31-5)12-22-24(29)27(25(30)33-22)13-23(28)26-19-8-6-16(3)17(4)10-19/h6-12,15H,13-14H2,1-5H3,(H,26,28)/b22-12-. The Morgan fingerprint density at radius 3 is 2.52 bits per heavy atom. The Kier molecular flexibility index (Phi) is 7.81. The second kappa shape index (κ2) is 10.6. The lowest BCUT2D eigenvalue weighted by Crippen LogP contribution is -2.36. The van der Waals surface area contributed by atoms with E-state index in [1.807, 2.05) is 26.0 Å². The summed E-state index contributed by atoms with van der Waals surface area (Å²) in [5.41, 5.74) is 3.46. The Bertz CT molecular complexity index is 1110. The van der Waals surface area contributed by atoms with Gasteiger partial charge in [0, 0.05) is 5.69 Å². The Balaban J connectivity index is 1.70. The number of benzene rings is 2. The van der Waals surface area contributed by atoms with Crippen molar-refractivity contribution in [2.45, 2.75) is 27.7 Å². The second-order valence-corrected chi connectivity index (χ2v) is 9.22. The molecule has 2 aromatic carbocycles. The van der Waals surface area contributed by atoms with Crippen molar-refractivity contribution in [2.24, 2.45) is 5.92 Å². The highest BCUT2D eigenvalue weighted by Gasteiger charge is 2.36. The molecule has 174 valence electrons. The number of carbonyl (C=O) groups is 3. The van der Waals surface area contributed by atoms with Crippen LogP contribution in [0.2, 0.25) is 0 Å². The summed E-state index contributed by atoms with van der Waals surface area (Å²) < 4.78 is 11.2. The molecule has 0 aliphatic carbocycles. The van der Waals surface area contributed by atoms with Gasteiger partial charge in [0.1, 0.15) is 6.54 Å². The summed E-state index contributed by atoms with van der Waals surface area (Å²) in [5.74, 6) is 0.582. The zero-order chi connectivity index (χ0) is 24.1. The number of carbonyl (C=O) groups excluding carboxylic acids is 3. The normalized spacial score (nSPS) is 14.8. The summed E-state index contributed by atoms with van der Waals surface area (Å²) in [4.78, 5) is 38.8. The zero-order valence-corrected chi connectivity index (χ0v) is 20.2. The average molecular weight is 469 g/mol. The maximum absolute atomic E-state index is 12.8. The van der Waals surface area contributed by atoms with Crippen LogP contribution in [0.1, 0.15) is 30.5 Å². The van der Waals surface area contributed by atoms with E-state index in [0.29, 0.717) is 35.3 Å². The lowest BCUT2D eigenvalue weighted by Gasteiger charge is -2.13. The van der Waals surface area contributed by atoms with Gasteiger partial charge in [-0.3, -0.25) is 19.3 Å². The van der Waals surface area contributed by atoms with Gasteiger partial charge >= 0.3 is 0 Å². The fourth-order valence-electron chi connectivity index (χ4n) is 3.10. The molecular formula is C25H28N2O5S. The minimum atomic E-state index is -0.501. The largest absolute Gasteiger partial charge is 0.493 e. The predicted octanol–water partition coefficient (Wildman–Crippen LogP) is 5.02. The van der Waals surface area contributed by atoms with E-state index in [1.165, 1.54) is 0 Å². The van der Waals surface area contributed by atoms with Crippen molar-refractivity contribution >= 4 is 40.6 Å². The number of amides is 3. The molecule has 0 radical (unpaired) electrons. The molecule has 33 heavy (non-hydrogen) atoms. The number of anilines is 1. The second-order valence-electron chi connectivity index (χ2n) is 8.23. The van der Waals surface area contributed by atoms with Gasteiger partial charge in [0.25, 0.3) is 11.1 Å². The monoisotopic (exact) mass is 468 g/mol. The van der Waals surface area contributed by atoms with E-state index in [4.69, 9.17) is 9.47 Å². The summed E-state index contributed by atoms with van der Waals surface area (Å²) in [6, 6.07) is 10.9. The van der Waals surface area contributed by atoms with Crippen LogP contribution >= 0.6 is 11.8 Å². The van der Waals surface area contributed by atoms with Crippen LogP contribution in [0, 0.1) is 19.8 Å². The Hall–Kier alpha value is -3.26. The molecule has 0 aromatic heterocycles. The van der Waals surface area contributed by atoms with Crippen molar-refractivity contribution in [1.82, 2.24) is 4.90 Å². The van der Waals surface area contributed by atoms with Gasteiger partial charge in [-0.1, -0.05) is 26.0 Å². The lowest BCUT2D eigenvalue weighted by molar-refractivity contribution is -0.127. The molecule has 1 heterocycles. The van der Waals surface area contributed by atoms with Gasteiger partial charge in [0.05, 0.1) is 18.6 Å². The highest BCUT2D eigenvalue weighted by Crippen LogP contribution is 2.34. The molecule has 1 aliphatic rings. The molecule has 2 aromatic rings. The first-order valence-corrected chi connectivity index (χ1v) is 11.4. The van der Waals surface area contributed by atoms with Crippen molar-refractivity contribution in [3.8, 4) is 11.5 Å². The summed E-state index contributed by atoms with van der Waals surface area (Å²) in [7, 11) is 1.55. The van der Waals surface area contributed by atoms with Gasteiger partial charge in [0.15, 0.2) is 11.5 Å². The summed E-state index contributed by atoms with van der Waals surface area (Å²) in [5, 5.41) is 2.26. The first kappa shape index (κ1) is 24.4. The summed E-state index contributed by atoms with van der Waals surface area (Å²) >= 11 is 0.808. The number of rotatable bonds is 8. The van der Waals surface area contributed by atoms with E-state index in [0.717, 1.165) is 27.8 Å². The topological polar surface area (TPSA) is 84.9 Å². The van der Waals surface area contributed by atoms with Crippen LogP contribution in [0.5, 0.6) is 11.5 Å². The molecule has 7 nitrogen and oxygen atoms in total. The van der Waals surface area contributed by atoms with Crippen LogP contribution in [-0.4, -0.2) is 42.2 Å². The molecule has 0 spiro atoms. The Labute approximate surface area is 198 Å². The van der Waals surface area contributed by atoms with E-state index < -0.39 is 17.1 Å². The van der Waals surface area contributed by atoms with E-state index in [-0.39, 0.29) is 11.4 Å². The van der Waals surface area contributed by atoms with Crippen molar-refractivity contribution < 1.29 is 23.9 Å². The van der Waals surface area contributed by atoms with E-state index >= 15 is 0 Å². The number of nitrogens with zero attached hydrogens (tertiary/aromatic N) is 1. The van der Waals surface area contributed by atoms with Crippen LogP contribution < -0.4 is 14.8 Å². The number of hydrogen-bond donors (Lipinski definition) is 1. The van der Waals surface area contributed by atoms with Crippen LogP contribution in [0.15, 0.2) is 41.3 Å². The van der Waals surface area contributed by atoms with Crippen LogP contribution in [0.3, 0.4) is 0 Å². The molecule has 0 saturated carbocycles. The molecule has 8 heteroatoms. The van der Waals surface area contributed by atoms with Crippen LogP contribution in [0.25, 0.3) is 6.08 Å². The highest BCUT2D eigenvalue weighted by molar-refractivity contribution is 8.18. The Morgan fingerprint density at radius 2 is 1.85 bits per heavy atom. The lowest BCUT2D eigenvalue weighted by atomic mass is 10.1. The number of hydrogen-bond acceptors (Lipinski definition) is 6. The summed E-state index contributed by atoms with van der Waals surface area (Å²) in [6.07, 6.45) is 1.61. The molecule has 1 saturated heterocycles. The number of ether oxygens (including phenoxy) is 2. The zero-order valence-electron chi connectivity index (χ0n) is 19.4. The van der Waals surface area contributed by atoms with Crippen molar-refractivity contribution in [3.05, 3.63) is 58.0 Å². The smallest absolute Gasteiger partial charge is 0.294 e. The first-order valence-electron chi connectivity index (χ1n) is 10.6. The van der Waals surface area contributed by atoms with Crippen molar-refractivity contribution in [3.63, 3.8) is 0 Å². The van der Waals surface area contributed by atoms with E-state index in [1.54, 1.807) is 37.5 Å². The third kappa shape index (κ3) is 6.16.